The third kappa shape index (κ3) is 5.08. The van der Waals surface area contributed by atoms with E-state index in [1.807, 2.05) is 75.7 Å². The van der Waals surface area contributed by atoms with Crippen molar-refractivity contribution in [2.45, 2.75) is 45.4 Å². The van der Waals surface area contributed by atoms with Gasteiger partial charge >= 0.3 is 6.09 Å². The zero-order valence-corrected chi connectivity index (χ0v) is 23.2. The average molecular weight is 536 g/mol. The number of halogens is 1. The highest BCUT2D eigenvalue weighted by atomic mass is 35.5. The molecule has 3 heterocycles. The zero-order chi connectivity index (χ0) is 27.2. The van der Waals surface area contributed by atoms with E-state index in [1.165, 1.54) is 0 Å². The van der Waals surface area contributed by atoms with Gasteiger partial charge in [-0.1, -0.05) is 23.7 Å². The van der Waals surface area contributed by atoms with Crippen molar-refractivity contribution in [2.75, 3.05) is 26.2 Å². The smallest absolute Gasteiger partial charge is 0.410 e. The summed E-state index contributed by atoms with van der Waals surface area (Å²) in [6.07, 6.45) is 4.29. The number of ether oxygens (including phenoxy) is 1. The molecule has 1 N–H and O–H groups in total. The Hall–Kier alpha value is -3.20. The number of aryl methyl sites for hydroxylation is 1. The lowest BCUT2D eigenvalue weighted by Gasteiger charge is -2.40. The van der Waals surface area contributed by atoms with E-state index in [-0.39, 0.29) is 12.1 Å². The summed E-state index contributed by atoms with van der Waals surface area (Å²) in [6, 6.07) is 9.58. The molecule has 0 saturated carbocycles. The Bertz CT molecular complexity index is 1390. The first-order valence-corrected chi connectivity index (χ1v) is 13.3. The number of benzene rings is 1. The molecule has 2 aliphatic rings. The van der Waals surface area contributed by atoms with E-state index >= 15 is 0 Å². The highest BCUT2D eigenvalue weighted by Gasteiger charge is 2.36. The average Bonchev–Trinajstić information content (AvgIpc) is 3.13. The van der Waals surface area contributed by atoms with E-state index in [0.717, 1.165) is 33.7 Å². The maximum Gasteiger partial charge on any atom is 0.410 e. The van der Waals surface area contributed by atoms with Crippen LogP contribution in [0.25, 0.3) is 11.6 Å². The number of aliphatic hydroxyl groups excluding tert-OH is 1. The summed E-state index contributed by atoms with van der Waals surface area (Å²) in [5, 5.41) is 12.2. The van der Waals surface area contributed by atoms with E-state index in [0.29, 0.717) is 36.9 Å². The molecule has 2 aromatic heterocycles. The number of nitrogens with zero attached hydrogens (tertiary/aromatic N) is 5. The lowest BCUT2D eigenvalue weighted by molar-refractivity contribution is 0.0118. The Morgan fingerprint density at radius 3 is 2.55 bits per heavy atom. The number of aliphatic hydroxyl groups is 1. The van der Waals surface area contributed by atoms with Crippen LogP contribution in [-0.2, 0) is 11.8 Å². The van der Waals surface area contributed by atoms with Crippen LogP contribution in [0.3, 0.4) is 0 Å². The predicted molar refractivity (Wildman–Crippen MR) is 148 cm³/mol. The van der Waals surface area contributed by atoms with Gasteiger partial charge in [0, 0.05) is 50.1 Å². The van der Waals surface area contributed by atoms with Crippen LogP contribution < -0.4 is 0 Å². The fourth-order valence-corrected chi connectivity index (χ4v) is 5.37. The fraction of sp³-hybridized carbons (Fsp3) is 0.414. The molecule has 0 bridgehead atoms. The summed E-state index contributed by atoms with van der Waals surface area (Å²) in [7, 11) is 1.91. The van der Waals surface area contributed by atoms with Gasteiger partial charge in [-0.3, -0.25) is 9.88 Å². The molecule has 1 aromatic carbocycles. The second-order valence-electron chi connectivity index (χ2n) is 10.9. The summed E-state index contributed by atoms with van der Waals surface area (Å²) >= 11 is 6.52. The van der Waals surface area contributed by atoms with Crippen molar-refractivity contribution in [2.24, 2.45) is 7.05 Å². The Balaban J connectivity index is 1.54. The minimum Gasteiger partial charge on any atom is -0.444 e. The highest BCUT2D eigenvalue weighted by Crippen LogP contribution is 2.44. The van der Waals surface area contributed by atoms with E-state index < -0.39 is 11.7 Å². The number of carbonyl (C=O) groups is 1. The molecule has 8 nitrogen and oxygen atoms in total. The van der Waals surface area contributed by atoms with Gasteiger partial charge in [0.25, 0.3) is 0 Å². The van der Waals surface area contributed by atoms with E-state index in [1.54, 1.807) is 17.4 Å². The molecule has 1 aliphatic heterocycles. The van der Waals surface area contributed by atoms with Gasteiger partial charge < -0.3 is 19.3 Å². The molecule has 0 radical (unpaired) electrons. The molecule has 1 aliphatic carbocycles. The van der Waals surface area contributed by atoms with Gasteiger partial charge in [-0.2, -0.15) is 0 Å². The summed E-state index contributed by atoms with van der Waals surface area (Å²) in [4.78, 5) is 26.1. The van der Waals surface area contributed by atoms with Gasteiger partial charge in [0.2, 0.25) is 0 Å². The standard InChI is InChI=1S/C29H34ClN5O3/c1-18-24(32-17-33(18)5)27(36)23-15-19-7-6-10-31-25(19)26(21-9-8-20(30)16-22(21)23)34-11-13-35(14-12-34)28(37)38-29(2,3)4/h6-10,15-17,26-27,36H,11-14H2,1-5H3/t26-,27?/m0/s1. The molecule has 1 amide bonds. The number of piperazine rings is 1. The third-order valence-corrected chi connectivity index (χ3v) is 7.45. The lowest BCUT2D eigenvalue weighted by Crippen LogP contribution is -2.51. The number of pyridine rings is 1. The van der Waals surface area contributed by atoms with Crippen molar-refractivity contribution >= 4 is 29.3 Å². The van der Waals surface area contributed by atoms with Crippen molar-refractivity contribution in [1.82, 2.24) is 24.3 Å². The molecule has 1 fully saturated rings. The van der Waals surface area contributed by atoms with Gasteiger partial charge in [-0.25, -0.2) is 9.78 Å². The molecule has 1 saturated heterocycles. The molecule has 1 unspecified atom stereocenters. The number of aromatic nitrogens is 3. The van der Waals surface area contributed by atoms with Gasteiger partial charge in [0.05, 0.1) is 23.8 Å². The topological polar surface area (TPSA) is 83.7 Å². The normalized spacial score (nSPS) is 18.8. The molecule has 200 valence electrons. The number of imidazole rings is 1. The first-order valence-electron chi connectivity index (χ1n) is 12.9. The number of rotatable bonds is 3. The number of fused-ring (bicyclic) bond motifs is 2. The molecular weight excluding hydrogens is 502 g/mol. The van der Waals surface area contributed by atoms with Crippen LogP contribution in [0.15, 0.2) is 42.9 Å². The van der Waals surface area contributed by atoms with E-state index in [4.69, 9.17) is 21.3 Å². The Kier molecular flexibility index (Phi) is 7.07. The minimum absolute atomic E-state index is 0.176. The first-order chi connectivity index (χ1) is 18.0. The second-order valence-corrected chi connectivity index (χ2v) is 11.4. The summed E-state index contributed by atoms with van der Waals surface area (Å²) < 4.78 is 7.50. The van der Waals surface area contributed by atoms with Crippen LogP contribution in [0.4, 0.5) is 4.79 Å². The lowest BCUT2D eigenvalue weighted by atomic mass is 9.90. The van der Waals surface area contributed by atoms with Gasteiger partial charge in [0.15, 0.2) is 0 Å². The van der Waals surface area contributed by atoms with Crippen LogP contribution in [0.1, 0.15) is 66.7 Å². The molecule has 3 aromatic rings. The monoisotopic (exact) mass is 535 g/mol. The number of amides is 1. The first kappa shape index (κ1) is 26.4. The summed E-state index contributed by atoms with van der Waals surface area (Å²) in [5.41, 5.74) is 5.42. The quantitative estimate of drug-likeness (QED) is 0.508. The van der Waals surface area contributed by atoms with Crippen LogP contribution >= 0.6 is 11.6 Å². The van der Waals surface area contributed by atoms with Crippen LogP contribution in [0, 0.1) is 6.92 Å². The fourth-order valence-electron chi connectivity index (χ4n) is 5.20. The maximum atomic E-state index is 12.7. The van der Waals surface area contributed by atoms with E-state index in [9.17, 15) is 9.90 Å². The van der Waals surface area contributed by atoms with Crippen LogP contribution in [0.2, 0.25) is 5.02 Å². The van der Waals surface area contributed by atoms with Crippen molar-refractivity contribution in [3.8, 4) is 0 Å². The van der Waals surface area contributed by atoms with Crippen LogP contribution in [0.5, 0.6) is 0 Å². The summed E-state index contributed by atoms with van der Waals surface area (Å²) in [5.74, 6) is 0. The number of hydrogen-bond acceptors (Lipinski definition) is 6. The van der Waals surface area contributed by atoms with E-state index in [2.05, 4.69) is 9.88 Å². The molecule has 0 spiro atoms. The van der Waals surface area contributed by atoms with Gasteiger partial charge in [-0.15, -0.1) is 0 Å². The largest absolute Gasteiger partial charge is 0.444 e. The van der Waals surface area contributed by atoms with Gasteiger partial charge in [0.1, 0.15) is 11.7 Å². The van der Waals surface area contributed by atoms with Crippen molar-refractivity contribution in [1.29, 1.82) is 0 Å². The third-order valence-electron chi connectivity index (χ3n) is 7.22. The number of carbonyl (C=O) groups excluding carboxylic acids is 1. The van der Waals surface area contributed by atoms with Crippen molar-refractivity contribution in [3.63, 3.8) is 0 Å². The highest BCUT2D eigenvalue weighted by molar-refractivity contribution is 6.30. The summed E-state index contributed by atoms with van der Waals surface area (Å²) in [6.45, 7) is 9.98. The van der Waals surface area contributed by atoms with Crippen LogP contribution in [-0.4, -0.2) is 67.3 Å². The Labute approximate surface area is 228 Å². The van der Waals surface area contributed by atoms with Crippen molar-refractivity contribution < 1.29 is 14.6 Å². The Morgan fingerprint density at radius 2 is 1.89 bits per heavy atom. The molecule has 38 heavy (non-hydrogen) atoms. The second kappa shape index (κ2) is 10.2. The predicted octanol–water partition coefficient (Wildman–Crippen LogP) is 5.01. The SMILES string of the molecule is Cc1c(C(O)C2=Cc3cccnc3[C@@H](N3CCN(C(=O)OC(C)(C)C)CC3)c3ccc(Cl)cc32)ncn1C. The minimum atomic E-state index is -0.941. The zero-order valence-electron chi connectivity index (χ0n) is 22.5. The molecular formula is C29H34ClN5O3. The molecule has 2 atom stereocenters. The Morgan fingerprint density at radius 1 is 1.16 bits per heavy atom. The molecule has 9 heteroatoms. The molecule has 5 rings (SSSR count). The number of hydrogen-bond donors (Lipinski definition) is 1. The van der Waals surface area contributed by atoms with Crippen molar-refractivity contribution in [3.05, 3.63) is 81.7 Å². The van der Waals surface area contributed by atoms with Gasteiger partial charge in [-0.05, 0) is 74.2 Å². The maximum absolute atomic E-state index is 12.7.